The van der Waals surface area contributed by atoms with Crippen molar-refractivity contribution in [3.05, 3.63) is 0 Å². The Kier molecular flexibility index (Phi) is 4.45. The van der Waals surface area contributed by atoms with E-state index in [0.717, 1.165) is 18.5 Å². The van der Waals surface area contributed by atoms with Gasteiger partial charge in [-0.3, -0.25) is 4.90 Å². The SMILES string of the molecule is CC(C)OCC(O)CN(C1CC1)C(C)C1CC1. The fourth-order valence-corrected chi connectivity index (χ4v) is 2.50. The maximum atomic E-state index is 10.0. The summed E-state index contributed by atoms with van der Waals surface area (Å²) in [5.41, 5.74) is 0. The molecule has 0 aliphatic heterocycles. The molecule has 0 aromatic heterocycles. The molecule has 0 bridgehead atoms. The fraction of sp³-hybridized carbons (Fsp3) is 1.00. The van der Waals surface area contributed by atoms with Gasteiger partial charge in [-0.2, -0.15) is 0 Å². The predicted molar refractivity (Wildman–Crippen MR) is 69.0 cm³/mol. The monoisotopic (exact) mass is 241 g/mol. The molecule has 100 valence electrons. The predicted octanol–water partition coefficient (Wildman–Crippen LogP) is 2.04. The lowest BCUT2D eigenvalue weighted by Crippen LogP contribution is -2.43. The van der Waals surface area contributed by atoms with E-state index in [1.807, 2.05) is 13.8 Å². The molecule has 2 atom stereocenters. The van der Waals surface area contributed by atoms with Crippen molar-refractivity contribution in [3.63, 3.8) is 0 Å². The van der Waals surface area contributed by atoms with E-state index < -0.39 is 0 Å². The number of aliphatic hydroxyl groups excluding tert-OH is 1. The maximum absolute atomic E-state index is 10.0. The molecule has 2 unspecified atom stereocenters. The van der Waals surface area contributed by atoms with Crippen molar-refractivity contribution in [3.8, 4) is 0 Å². The Morgan fingerprint density at radius 2 is 1.82 bits per heavy atom. The minimum Gasteiger partial charge on any atom is -0.389 e. The van der Waals surface area contributed by atoms with E-state index >= 15 is 0 Å². The van der Waals surface area contributed by atoms with Gasteiger partial charge in [0.15, 0.2) is 0 Å². The zero-order chi connectivity index (χ0) is 12.4. The Labute approximate surface area is 105 Å². The summed E-state index contributed by atoms with van der Waals surface area (Å²) in [6.45, 7) is 7.61. The number of hydrogen-bond acceptors (Lipinski definition) is 3. The first-order chi connectivity index (χ1) is 8.08. The molecule has 2 rings (SSSR count). The molecule has 17 heavy (non-hydrogen) atoms. The first-order valence-electron chi connectivity index (χ1n) is 7.13. The lowest BCUT2D eigenvalue weighted by molar-refractivity contribution is -0.0161. The largest absolute Gasteiger partial charge is 0.389 e. The van der Waals surface area contributed by atoms with Gasteiger partial charge in [0.1, 0.15) is 0 Å². The van der Waals surface area contributed by atoms with Crippen LogP contribution < -0.4 is 0 Å². The van der Waals surface area contributed by atoms with Crippen molar-refractivity contribution in [1.82, 2.24) is 4.90 Å². The molecule has 1 N–H and O–H groups in total. The van der Waals surface area contributed by atoms with Crippen molar-refractivity contribution in [1.29, 1.82) is 0 Å². The van der Waals surface area contributed by atoms with Crippen molar-refractivity contribution >= 4 is 0 Å². The lowest BCUT2D eigenvalue weighted by Gasteiger charge is -2.31. The standard InChI is InChI=1S/C14H27NO2/c1-10(2)17-9-14(16)8-15(13-6-7-13)11(3)12-4-5-12/h10-14,16H,4-9H2,1-3H3. The van der Waals surface area contributed by atoms with Crippen molar-refractivity contribution in [2.24, 2.45) is 5.92 Å². The number of nitrogens with zero attached hydrogens (tertiary/aromatic N) is 1. The van der Waals surface area contributed by atoms with Gasteiger partial charge in [-0.05, 0) is 52.4 Å². The van der Waals surface area contributed by atoms with E-state index in [-0.39, 0.29) is 12.2 Å². The second kappa shape index (κ2) is 5.68. The highest BCUT2D eigenvalue weighted by Crippen LogP contribution is 2.39. The van der Waals surface area contributed by atoms with Crippen LogP contribution in [0.4, 0.5) is 0 Å². The Morgan fingerprint density at radius 1 is 1.18 bits per heavy atom. The molecule has 3 nitrogen and oxygen atoms in total. The summed E-state index contributed by atoms with van der Waals surface area (Å²) in [5.74, 6) is 0.883. The van der Waals surface area contributed by atoms with E-state index in [4.69, 9.17) is 4.74 Å². The van der Waals surface area contributed by atoms with Gasteiger partial charge in [0.2, 0.25) is 0 Å². The summed E-state index contributed by atoms with van der Waals surface area (Å²) in [6.07, 6.45) is 5.26. The molecule has 2 aliphatic carbocycles. The van der Waals surface area contributed by atoms with Gasteiger partial charge in [-0.15, -0.1) is 0 Å². The number of hydrogen-bond donors (Lipinski definition) is 1. The third kappa shape index (κ3) is 4.23. The summed E-state index contributed by atoms with van der Waals surface area (Å²) in [7, 11) is 0. The van der Waals surface area contributed by atoms with Crippen LogP contribution in [0.1, 0.15) is 46.5 Å². The second-order valence-electron chi connectivity index (χ2n) is 6.04. The zero-order valence-electron chi connectivity index (χ0n) is 11.4. The Balaban J connectivity index is 1.76. The summed E-state index contributed by atoms with van der Waals surface area (Å²) in [6, 6.07) is 1.38. The van der Waals surface area contributed by atoms with E-state index in [1.54, 1.807) is 0 Å². The van der Waals surface area contributed by atoms with Crippen LogP contribution in [-0.4, -0.2) is 47.4 Å². The van der Waals surface area contributed by atoms with Gasteiger partial charge in [0, 0.05) is 18.6 Å². The smallest absolute Gasteiger partial charge is 0.0900 e. The lowest BCUT2D eigenvalue weighted by atomic mass is 10.1. The molecule has 0 aromatic carbocycles. The molecule has 0 amide bonds. The average Bonchev–Trinajstić information content (AvgIpc) is 3.14. The van der Waals surface area contributed by atoms with E-state index in [0.29, 0.717) is 12.6 Å². The van der Waals surface area contributed by atoms with Gasteiger partial charge in [-0.1, -0.05) is 0 Å². The van der Waals surface area contributed by atoms with Crippen molar-refractivity contribution < 1.29 is 9.84 Å². The molecule has 0 radical (unpaired) electrons. The minimum absolute atomic E-state index is 0.208. The first-order valence-corrected chi connectivity index (χ1v) is 7.13. The average molecular weight is 241 g/mol. The quantitative estimate of drug-likeness (QED) is 0.706. The van der Waals surface area contributed by atoms with Crippen LogP contribution in [0.2, 0.25) is 0 Å². The van der Waals surface area contributed by atoms with Gasteiger partial charge in [0.05, 0.1) is 18.8 Å². The molecular weight excluding hydrogens is 214 g/mol. The third-order valence-corrected chi connectivity index (χ3v) is 3.89. The van der Waals surface area contributed by atoms with Crippen LogP contribution in [0.25, 0.3) is 0 Å². The van der Waals surface area contributed by atoms with E-state index in [2.05, 4.69) is 11.8 Å². The van der Waals surface area contributed by atoms with Crippen LogP contribution >= 0.6 is 0 Å². The van der Waals surface area contributed by atoms with Gasteiger partial charge in [-0.25, -0.2) is 0 Å². The fourth-order valence-electron chi connectivity index (χ4n) is 2.50. The van der Waals surface area contributed by atoms with Gasteiger partial charge >= 0.3 is 0 Å². The van der Waals surface area contributed by atoms with Crippen LogP contribution in [-0.2, 0) is 4.74 Å². The molecule has 0 heterocycles. The molecular formula is C14H27NO2. The zero-order valence-corrected chi connectivity index (χ0v) is 11.4. The first kappa shape index (κ1) is 13.3. The topological polar surface area (TPSA) is 32.7 Å². The van der Waals surface area contributed by atoms with Gasteiger partial charge < -0.3 is 9.84 Å². The van der Waals surface area contributed by atoms with E-state index in [1.165, 1.54) is 25.7 Å². The molecule has 0 spiro atoms. The number of aliphatic hydroxyl groups is 1. The van der Waals surface area contributed by atoms with Crippen LogP contribution in [0.3, 0.4) is 0 Å². The Bertz CT molecular complexity index is 236. The molecule has 2 aliphatic rings. The second-order valence-corrected chi connectivity index (χ2v) is 6.04. The molecule has 3 heteroatoms. The highest BCUT2D eigenvalue weighted by Gasteiger charge is 2.39. The molecule has 2 fully saturated rings. The van der Waals surface area contributed by atoms with Crippen molar-refractivity contribution in [2.75, 3.05) is 13.2 Å². The number of rotatable bonds is 8. The summed E-state index contributed by atoms with van der Waals surface area (Å²) < 4.78 is 5.48. The number of ether oxygens (including phenoxy) is 1. The molecule has 2 saturated carbocycles. The molecule has 0 aromatic rings. The molecule has 0 saturated heterocycles. The normalized spacial score (nSPS) is 24.4. The Morgan fingerprint density at radius 3 is 2.29 bits per heavy atom. The van der Waals surface area contributed by atoms with Crippen LogP contribution in [0.5, 0.6) is 0 Å². The van der Waals surface area contributed by atoms with Crippen LogP contribution in [0.15, 0.2) is 0 Å². The van der Waals surface area contributed by atoms with Crippen LogP contribution in [0, 0.1) is 5.92 Å². The summed E-state index contributed by atoms with van der Waals surface area (Å²) in [4.78, 5) is 2.52. The van der Waals surface area contributed by atoms with E-state index in [9.17, 15) is 5.11 Å². The summed E-state index contributed by atoms with van der Waals surface area (Å²) in [5, 5.41) is 10.0. The highest BCUT2D eigenvalue weighted by molar-refractivity contribution is 4.94. The summed E-state index contributed by atoms with van der Waals surface area (Å²) >= 11 is 0. The third-order valence-electron chi connectivity index (χ3n) is 3.89. The maximum Gasteiger partial charge on any atom is 0.0900 e. The van der Waals surface area contributed by atoms with Crippen molar-refractivity contribution in [2.45, 2.75) is 70.7 Å². The highest BCUT2D eigenvalue weighted by atomic mass is 16.5. The Hall–Kier alpha value is -0.120. The minimum atomic E-state index is -0.334. The van der Waals surface area contributed by atoms with Gasteiger partial charge in [0.25, 0.3) is 0 Å².